The Kier molecular flexibility index (Phi) is 5.42. The van der Waals surface area contributed by atoms with E-state index in [0.29, 0.717) is 18.7 Å². The fourth-order valence-electron chi connectivity index (χ4n) is 2.67. The topological polar surface area (TPSA) is 75.4 Å². The van der Waals surface area contributed by atoms with Gasteiger partial charge in [-0.3, -0.25) is 9.59 Å². The molecule has 2 amide bonds. The number of piperidine rings is 1. The highest BCUT2D eigenvalue weighted by atomic mass is 16.2. The van der Waals surface area contributed by atoms with Crippen molar-refractivity contribution in [2.45, 2.75) is 45.7 Å². The minimum absolute atomic E-state index is 0.00494. The zero-order valence-corrected chi connectivity index (χ0v) is 14.2. The van der Waals surface area contributed by atoms with E-state index >= 15 is 0 Å². The molecule has 0 bridgehead atoms. The first-order valence-corrected chi connectivity index (χ1v) is 8.19. The average molecular weight is 317 g/mol. The van der Waals surface area contributed by atoms with E-state index < -0.39 is 6.04 Å². The molecule has 126 valence electrons. The molecular weight excluding hydrogens is 290 g/mol. The van der Waals surface area contributed by atoms with Crippen LogP contribution in [0.15, 0.2) is 30.3 Å². The van der Waals surface area contributed by atoms with Crippen molar-refractivity contribution in [2.75, 3.05) is 13.1 Å². The third-order valence-corrected chi connectivity index (χ3v) is 4.38. The first-order chi connectivity index (χ1) is 10.8. The third kappa shape index (κ3) is 4.55. The van der Waals surface area contributed by atoms with Crippen LogP contribution in [-0.4, -0.2) is 41.9 Å². The molecule has 5 heteroatoms. The molecule has 3 N–H and O–H groups in total. The number of carbonyl (C=O) groups is 2. The molecule has 2 rings (SSSR count). The predicted octanol–water partition coefficient (Wildman–Crippen LogP) is 1.78. The number of rotatable bonds is 3. The van der Waals surface area contributed by atoms with E-state index in [9.17, 15) is 9.59 Å². The fourth-order valence-corrected chi connectivity index (χ4v) is 2.67. The number of nitrogens with two attached hydrogens (primary N) is 1. The van der Waals surface area contributed by atoms with Crippen LogP contribution in [0.3, 0.4) is 0 Å². The summed E-state index contributed by atoms with van der Waals surface area (Å²) >= 11 is 0. The van der Waals surface area contributed by atoms with Crippen LogP contribution in [0.2, 0.25) is 0 Å². The highest BCUT2D eigenvalue weighted by molar-refractivity contribution is 5.94. The Hall–Kier alpha value is -1.88. The SMILES string of the molecule is CC(C)(C)[C@H](N)C(=O)N1CCC(NC(=O)c2ccccc2)CC1. The summed E-state index contributed by atoms with van der Waals surface area (Å²) in [7, 11) is 0. The lowest BCUT2D eigenvalue weighted by Crippen LogP contribution is -2.54. The van der Waals surface area contributed by atoms with E-state index in [4.69, 9.17) is 5.73 Å². The first kappa shape index (κ1) is 17.5. The highest BCUT2D eigenvalue weighted by Gasteiger charge is 2.33. The maximum Gasteiger partial charge on any atom is 0.251 e. The number of nitrogens with one attached hydrogen (secondary N) is 1. The maximum atomic E-state index is 12.4. The molecule has 1 aliphatic rings. The molecule has 1 aromatic carbocycles. The lowest BCUT2D eigenvalue weighted by Gasteiger charge is -2.36. The monoisotopic (exact) mass is 317 g/mol. The third-order valence-electron chi connectivity index (χ3n) is 4.38. The quantitative estimate of drug-likeness (QED) is 0.892. The number of nitrogens with zero attached hydrogens (tertiary/aromatic N) is 1. The minimum atomic E-state index is -0.488. The van der Waals surface area contributed by atoms with Gasteiger partial charge in [-0.2, -0.15) is 0 Å². The summed E-state index contributed by atoms with van der Waals surface area (Å²) in [6.07, 6.45) is 1.53. The summed E-state index contributed by atoms with van der Waals surface area (Å²) in [5.74, 6) is -0.0490. The van der Waals surface area contributed by atoms with Crippen LogP contribution >= 0.6 is 0 Å². The molecule has 23 heavy (non-hydrogen) atoms. The molecule has 0 spiro atoms. The Morgan fingerprint density at radius 1 is 1.17 bits per heavy atom. The van der Waals surface area contributed by atoms with Crippen molar-refractivity contribution < 1.29 is 9.59 Å². The van der Waals surface area contributed by atoms with E-state index in [2.05, 4.69) is 5.32 Å². The molecule has 1 fully saturated rings. The van der Waals surface area contributed by atoms with Gasteiger partial charge in [0.05, 0.1) is 6.04 Å². The molecule has 1 atom stereocenters. The second kappa shape index (κ2) is 7.13. The normalized spacial score (nSPS) is 17.7. The molecule has 1 aromatic rings. The molecular formula is C18H27N3O2. The van der Waals surface area contributed by atoms with Gasteiger partial charge in [-0.15, -0.1) is 0 Å². The van der Waals surface area contributed by atoms with E-state index in [1.165, 1.54) is 0 Å². The highest BCUT2D eigenvalue weighted by Crippen LogP contribution is 2.21. The standard InChI is InChI=1S/C18H27N3O2/c1-18(2,3)15(19)17(23)21-11-9-14(10-12-21)20-16(22)13-7-5-4-6-8-13/h4-8,14-15H,9-12,19H2,1-3H3,(H,20,22)/t15-/m1/s1. The second-order valence-electron chi connectivity index (χ2n) is 7.28. The maximum absolute atomic E-state index is 12.4. The van der Waals surface area contributed by atoms with Crippen LogP contribution in [0.25, 0.3) is 0 Å². The number of likely N-dealkylation sites (tertiary alicyclic amines) is 1. The van der Waals surface area contributed by atoms with Crippen LogP contribution in [0.1, 0.15) is 44.0 Å². The summed E-state index contributed by atoms with van der Waals surface area (Å²) in [6, 6.07) is 8.82. The van der Waals surface area contributed by atoms with Crippen LogP contribution in [0, 0.1) is 5.41 Å². The number of hydrogen-bond donors (Lipinski definition) is 2. The number of carbonyl (C=O) groups excluding carboxylic acids is 2. The average Bonchev–Trinajstić information content (AvgIpc) is 2.54. The van der Waals surface area contributed by atoms with Crippen molar-refractivity contribution in [1.29, 1.82) is 0 Å². The van der Waals surface area contributed by atoms with Crippen molar-refractivity contribution in [1.82, 2.24) is 10.2 Å². The lowest BCUT2D eigenvalue weighted by molar-refractivity contribution is -0.136. The van der Waals surface area contributed by atoms with Crippen molar-refractivity contribution in [3.63, 3.8) is 0 Å². The van der Waals surface area contributed by atoms with Gasteiger partial charge in [-0.25, -0.2) is 0 Å². The smallest absolute Gasteiger partial charge is 0.251 e. The van der Waals surface area contributed by atoms with Gasteiger partial charge in [0.15, 0.2) is 0 Å². The Bertz CT molecular complexity index is 543. The molecule has 0 radical (unpaired) electrons. The Labute approximate surface area is 138 Å². The van der Waals surface area contributed by atoms with E-state index in [-0.39, 0.29) is 23.3 Å². The van der Waals surface area contributed by atoms with Crippen LogP contribution in [0.4, 0.5) is 0 Å². The zero-order valence-electron chi connectivity index (χ0n) is 14.2. The molecule has 1 aliphatic heterocycles. The summed E-state index contributed by atoms with van der Waals surface area (Å²) in [5.41, 5.74) is 6.48. The first-order valence-electron chi connectivity index (χ1n) is 8.19. The summed E-state index contributed by atoms with van der Waals surface area (Å²) < 4.78 is 0. The Balaban J connectivity index is 1.84. The minimum Gasteiger partial charge on any atom is -0.349 e. The van der Waals surface area contributed by atoms with Gasteiger partial charge in [0.25, 0.3) is 5.91 Å². The van der Waals surface area contributed by atoms with Crippen molar-refractivity contribution in [2.24, 2.45) is 11.1 Å². The van der Waals surface area contributed by atoms with Crippen LogP contribution < -0.4 is 11.1 Å². The molecule has 0 aliphatic carbocycles. The Morgan fingerprint density at radius 2 is 1.74 bits per heavy atom. The Morgan fingerprint density at radius 3 is 2.26 bits per heavy atom. The number of benzene rings is 1. The van der Waals surface area contributed by atoms with E-state index in [1.807, 2.05) is 43.9 Å². The molecule has 0 saturated carbocycles. The van der Waals surface area contributed by atoms with Crippen molar-refractivity contribution in [3.05, 3.63) is 35.9 Å². The largest absolute Gasteiger partial charge is 0.349 e. The fraction of sp³-hybridized carbons (Fsp3) is 0.556. The van der Waals surface area contributed by atoms with Gasteiger partial charge in [0, 0.05) is 24.7 Å². The second-order valence-corrected chi connectivity index (χ2v) is 7.28. The molecule has 5 nitrogen and oxygen atoms in total. The summed E-state index contributed by atoms with van der Waals surface area (Å²) in [6.45, 7) is 7.21. The number of amides is 2. The summed E-state index contributed by atoms with van der Waals surface area (Å²) in [4.78, 5) is 26.4. The lowest BCUT2D eigenvalue weighted by atomic mass is 9.86. The van der Waals surface area contributed by atoms with Crippen molar-refractivity contribution in [3.8, 4) is 0 Å². The van der Waals surface area contributed by atoms with Gasteiger partial charge in [0.1, 0.15) is 0 Å². The van der Waals surface area contributed by atoms with Gasteiger partial charge >= 0.3 is 0 Å². The zero-order chi connectivity index (χ0) is 17.0. The van der Waals surface area contributed by atoms with Crippen molar-refractivity contribution >= 4 is 11.8 Å². The van der Waals surface area contributed by atoms with Crippen LogP contribution in [0.5, 0.6) is 0 Å². The molecule has 0 unspecified atom stereocenters. The van der Waals surface area contributed by atoms with Crippen LogP contribution in [-0.2, 0) is 4.79 Å². The molecule has 1 heterocycles. The van der Waals surface area contributed by atoms with E-state index in [1.54, 1.807) is 12.1 Å². The number of hydrogen-bond acceptors (Lipinski definition) is 3. The van der Waals surface area contributed by atoms with Gasteiger partial charge in [-0.1, -0.05) is 39.0 Å². The molecule has 0 aromatic heterocycles. The predicted molar refractivity (Wildman–Crippen MR) is 90.9 cm³/mol. The summed E-state index contributed by atoms with van der Waals surface area (Å²) in [5, 5.41) is 3.05. The van der Waals surface area contributed by atoms with E-state index in [0.717, 1.165) is 12.8 Å². The van der Waals surface area contributed by atoms with Gasteiger partial charge in [0.2, 0.25) is 5.91 Å². The molecule has 1 saturated heterocycles. The van der Waals surface area contributed by atoms with Gasteiger partial charge < -0.3 is 16.0 Å². The van der Waals surface area contributed by atoms with Gasteiger partial charge in [-0.05, 0) is 30.4 Å².